The maximum Gasteiger partial charge on any atom is 0.0710 e. The average Bonchev–Trinajstić information content (AvgIpc) is 2.84. The quantitative estimate of drug-likeness (QED) is 0.889. The van der Waals surface area contributed by atoms with Crippen LogP contribution in [-0.2, 0) is 4.74 Å². The zero-order chi connectivity index (χ0) is 13.8. The Morgan fingerprint density at radius 1 is 1.58 bits per heavy atom. The molecule has 0 amide bonds. The lowest BCUT2D eigenvalue weighted by molar-refractivity contribution is 0.108. The van der Waals surface area contributed by atoms with Crippen molar-refractivity contribution in [2.45, 2.75) is 25.0 Å². The molecular formula is C14H20BrClN2O. The van der Waals surface area contributed by atoms with Crippen molar-refractivity contribution >= 4 is 27.5 Å². The van der Waals surface area contributed by atoms with Crippen molar-refractivity contribution in [2.75, 3.05) is 26.7 Å². The van der Waals surface area contributed by atoms with Crippen LogP contribution in [0.15, 0.2) is 22.7 Å². The Bertz CT molecular complexity index is 430. The van der Waals surface area contributed by atoms with Crippen molar-refractivity contribution < 1.29 is 4.74 Å². The molecule has 1 aliphatic rings. The first-order valence-electron chi connectivity index (χ1n) is 6.56. The van der Waals surface area contributed by atoms with Gasteiger partial charge in [-0.25, -0.2) is 0 Å². The Morgan fingerprint density at radius 3 is 3.00 bits per heavy atom. The molecular weight excluding hydrogens is 328 g/mol. The molecule has 0 bridgehead atoms. The minimum absolute atomic E-state index is 0.0119. The third kappa shape index (κ3) is 4.17. The van der Waals surface area contributed by atoms with Gasteiger partial charge in [-0.15, -0.1) is 0 Å². The summed E-state index contributed by atoms with van der Waals surface area (Å²) in [4.78, 5) is 2.40. The predicted molar refractivity (Wildman–Crippen MR) is 82.6 cm³/mol. The van der Waals surface area contributed by atoms with Gasteiger partial charge in [0.15, 0.2) is 0 Å². The molecule has 0 radical (unpaired) electrons. The number of benzene rings is 1. The van der Waals surface area contributed by atoms with Crippen molar-refractivity contribution in [3.05, 3.63) is 33.3 Å². The van der Waals surface area contributed by atoms with E-state index in [1.54, 1.807) is 7.11 Å². The van der Waals surface area contributed by atoms with E-state index in [4.69, 9.17) is 22.1 Å². The van der Waals surface area contributed by atoms with E-state index < -0.39 is 0 Å². The highest BCUT2D eigenvalue weighted by Gasteiger charge is 2.22. The van der Waals surface area contributed by atoms with Gasteiger partial charge >= 0.3 is 0 Å². The summed E-state index contributed by atoms with van der Waals surface area (Å²) >= 11 is 9.63. The molecule has 2 rings (SSSR count). The predicted octanol–water partition coefficient (Wildman–Crippen LogP) is 3.21. The van der Waals surface area contributed by atoms with Crippen LogP contribution in [0.4, 0.5) is 0 Å². The summed E-state index contributed by atoms with van der Waals surface area (Å²) in [5, 5.41) is 0.734. The second-order valence-corrected chi connectivity index (χ2v) is 6.33. The number of nitrogens with two attached hydrogens (primary N) is 1. The molecule has 2 atom stereocenters. The summed E-state index contributed by atoms with van der Waals surface area (Å²) in [6.07, 6.45) is 2.41. The topological polar surface area (TPSA) is 38.5 Å². The third-order valence-corrected chi connectivity index (χ3v) is 4.50. The van der Waals surface area contributed by atoms with Crippen LogP contribution in [0.5, 0.6) is 0 Å². The van der Waals surface area contributed by atoms with Gasteiger partial charge in [-0.1, -0.05) is 33.6 Å². The summed E-state index contributed by atoms with van der Waals surface area (Å²) in [5.41, 5.74) is 7.25. The van der Waals surface area contributed by atoms with Crippen molar-refractivity contribution in [2.24, 2.45) is 5.73 Å². The molecule has 106 valence electrons. The molecule has 1 saturated heterocycles. The number of rotatable bonds is 5. The Balaban J connectivity index is 1.86. The fourth-order valence-corrected chi connectivity index (χ4v) is 3.29. The molecule has 1 aromatic rings. The number of halogens is 2. The lowest BCUT2D eigenvalue weighted by Gasteiger charge is -2.19. The molecule has 5 heteroatoms. The largest absolute Gasteiger partial charge is 0.380 e. The molecule has 2 N–H and O–H groups in total. The monoisotopic (exact) mass is 346 g/mol. The minimum Gasteiger partial charge on any atom is -0.380 e. The summed E-state index contributed by atoms with van der Waals surface area (Å²) in [6, 6.07) is 5.87. The zero-order valence-electron chi connectivity index (χ0n) is 11.1. The minimum atomic E-state index is -0.0119. The number of ether oxygens (including phenoxy) is 1. The van der Waals surface area contributed by atoms with Crippen molar-refractivity contribution in [3.63, 3.8) is 0 Å². The van der Waals surface area contributed by atoms with E-state index >= 15 is 0 Å². The standard InChI is InChI=1S/C14H20BrClN2O/c1-19-11-4-6-18(9-11)7-5-14(17)12-3-2-10(15)8-13(12)16/h2-3,8,11,14H,4-7,9,17H2,1H3. The van der Waals surface area contributed by atoms with Gasteiger partial charge < -0.3 is 15.4 Å². The van der Waals surface area contributed by atoms with Gasteiger partial charge in [-0.2, -0.15) is 0 Å². The summed E-state index contributed by atoms with van der Waals surface area (Å²) in [6.45, 7) is 3.10. The maximum atomic E-state index is 6.23. The van der Waals surface area contributed by atoms with E-state index in [1.807, 2.05) is 18.2 Å². The van der Waals surface area contributed by atoms with E-state index in [0.29, 0.717) is 6.10 Å². The number of hydrogen-bond acceptors (Lipinski definition) is 3. The Kier molecular flexibility index (Phi) is 5.66. The van der Waals surface area contributed by atoms with Crippen LogP contribution in [0.25, 0.3) is 0 Å². The lowest BCUT2D eigenvalue weighted by atomic mass is 10.0. The molecule has 1 fully saturated rings. The number of hydrogen-bond donors (Lipinski definition) is 1. The Hall–Kier alpha value is -0.130. The third-order valence-electron chi connectivity index (χ3n) is 3.68. The van der Waals surface area contributed by atoms with Crippen LogP contribution >= 0.6 is 27.5 Å². The molecule has 19 heavy (non-hydrogen) atoms. The first-order chi connectivity index (χ1) is 9.10. The Morgan fingerprint density at radius 2 is 2.37 bits per heavy atom. The maximum absolute atomic E-state index is 6.23. The first kappa shape index (κ1) is 15.3. The van der Waals surface area contributed by atoms with Gasteiger partial charge in [0.25, 0.3) is 0 Å². The normalized spacial score (nSPS) is 21.8. The highest BCUT2D eigenvalue weighted by molar-refractivity contribution is 9.10. The molecule has 1 aliphatic heterocycles. The van der Waals surface area contributed by atoms with Crippen LogP contribution in [-0.4, -0.2) is 37.7 Å². The number of likely N-dealkylation sites (tertiary alicyclic amines) is 1. The molecule has 0 aromatic heterocycles. The van der Waals surface area contributed by atoms with Gasteiger partial charge in [0.05, 0.1) is 6.10 Å². The first-order valence-corrected chi connectivity index (χ1v) is 7.73. The fourth-order valence-electron chi connectivity index (χ4n) is 2.47. The van der Waals surface area contributed by atoms with Gasteiger partial charge in [0.1, 0.15) is 0 Å². The molecule has 1 heterocycles. The summed E-state index contributed by atoms with van der Waals surface area (Å²) in [7, 11) is 1.78. The molecule has 3 nitrogen and oxygen atoms in total. The fraction of sp³-hybridized carbons (Fsp3) is 0.571. The van der Waals surface area contributed by atoms with E-state index in [0.717, 1.165) is 47.5 Å². The highest BCUT2D eigenvalue weighted by Crippen LogP contribution is 2.27. The zero-order valence-corrected chi connectivity index (χ0v) is 13.5. The molecule has 1 aromatic carbocycles. The molecule has 2 unspecified atom stereocenters. The average molecular weight is 348 g/mol. The van der Waals surface area contributed by atoms with Gasteiger partial charge in [-0.3, -0.25) is 0 Å². The summed E-state index contributed by atoms with van der Waals surface area (Å²) in [5.74, 6) is 0. The van der Waals surface area contributed by atoms with Gasteiger partial charge in [0.2, 0.25) is 0 Å². The summed E-state index contributed by atoms with van der Waals surface area (Å²) < 4.78 is 6.35. The van der Waals surface area contributed by atoms with Crippen LogP contribution < -0.4 is 5.73 Å². The molecule has 0 aliphatic carbocycles. The molecule has 0 spiro atoms. The van der Waals surface area contributed by atoms with Gasteiger partial charge in [-0.05, 0) is 30.5 Å². The van der Waals surface area contributed by atoms with E-state index in [2.05, 4.69) is 20.8 Å². The van der Waals surface area contributed by atoms with Crippen molar-refractivity contribution in [1.29, 1.82) is 0 Å². The van der Waals surface area contributed by atoms with Gasteiger partial charge in [0, 0.05) is 42.3 Å². The lowest BCUT2D eigenvalue weighted by Crippen LogP contribution is -2.26. The van der Waals surface area contributed by atoms with E-state index in [1.165, 1.54) is 0 Å². The highest BCUT2D eigenvalue weighted by atomic mass is 79.9. The second kappa shape index (κ2) is 7.04. The second-order valence-electron chi connectivity index (χ2n) is 5.01. The van der Waals surface area contributed by atoms with Crippen LogP contribution in [0, 0.1) is 0 Å². The smallest absolute Gasteiger partial charge is 0.0710 e. The SMILES string of the molecule is COC1CCN(CCC(N)c2ccc(Br)cc2Cl)C1. The Labute approximate surface area is 128 Å². The van der Waals surface area contributed by atoms with E-state index in [-0.39, 0.29) is 6.04 Å². The van der Waals surface area contributed by atoms with Crippen LogP contribution in [0.3, 0.4) is 0 Å². The van der Waals surface area contributed by atoms with Crippen molar-refractivity contribution in [1.82, 2.24) is 4.90 Å². The van der Waals surface area contributed by atoms with Crippen LogP contribution in [0.2, 0.25) is 5.02 Å². The number of methoxy groups -OCH3 is 1. The van der Waals surface area contributed by atoms with Crippen molar-refractivity contribution in [3.8, 4) is 0 Å². The molecule has 0 saturated carbocycles. The number of nitrogens with zero attached hydrogens (tertiary/aromatic N) is 1. The van der Waals surface area contributed by atoms with Crippen LogP contribution in [0.1, 0.15) is 24.4 Å². The van der Waals surface area contributed by atoms with E-state index in [9.17, 15) is 0 Å².